The number of aromatic amines is 1. The lowest BCUT2D eigenvalue weighted by Gasteiger charge is -1.98. The number of nitrogens with zero attached hydrogens (tertiary/aromatic N) is 1. The minimum absolute atomic E-state index is 0.322. The van der Waals surface area contributed by atoms with E-state index in [1.54, 1.807) is 13.8 Å². The Balaban J connectivity index is 2.92. The second-order valence-electron chi connectivity index (χ2n) is 2.36. The zero-order chi connectivity index (χ0) is 8.43. The maximum Gasteiger partial charge on any atom is 0.308 e. The predicted molar refractivity (Wildman–Crippen MR) is 39.4 cm³/mol. The number of rotatable bonds is 1. The highest BCUT2D eigenvalue weighted by atomic mass is 16.5. The number of carbonyl (C=O) groups excluding carboxylic acids is 1. The van der Waals surface area contributed by atoms with Crippen LogP contribution in [0.25, 0.3) is 0 Å². The molecule has 4 nitrogen and oxygen atoms in total. The van der Waals surface area contributed by atoms with Gasteiger partial charge in [0, 0.05) is 6.92 Å². The number of carbonyl (C=O) groups is 1. The molecule has 0 unspecified atom stereocenters. The topological polar surface area (TPSA) is 55.0 Å². The van der Waals surface area contributed by atoms with E-state index in [4.69, 9.17) is 4.74 Å². The van der Waals surface area contributed by atoms with Crippen LogP contribution in [0.15, 0.2) is 0 Å². The van der Waals surface area contributed by atoms with Crippen LogP contribution in [0.3, 0.4) is 0 Å². The first kappa shape index (κ1) is 7.78. The lowest BCUT2D eigenvalue weighted by atomic mass is 10.3. The molecular weight excluding hydrogens is 144 g/mol. The van der Waals surface area contributed by atoms with Gasteiger partial charge in [0.15, 0.2) is 5.75 Å². The Morgan fingerprint density at radius 2 is 2.18 bits per heavy atom. The summed E-state index contributed by atoms with van der Waals surface area (Å²) in [4.78, 5) is 10.6. The molecule has 1 N–H and O–H groups in total. The quantitative estimate of drug-likeness (QED) is 0.613. The van der Waals surface area contributed by atoms with Gasteiger partial charge in [-0.05, 0) is 13.8 Å². The molecule has 0 spiro atoms. The van der Waals surface area contributed by atoms with Crippen molar-refractivity contribution in [2.75, 3.05) is 0 Å². The minimum Gasteiger partial charge on any atom is -0.423 e. The molecule has 1 heterocycles. The average molecular weight is 154 g/mol. The van der Waals surface area contributed by atoms with Gasteiger partial charge in [0.25, 0.3) is 0 Å². The molecule has 0 aliphatic rings. The van der Waals surface area contributed by atoms with Crippen LogP contribution in [0, 0.1) is 13.8 Å². The van der Waals surface area contributed by atoms with Crippen LogP contribution in [-0.2, 0) is 4.79 Å². The Labute approximate surface area is 64.6 Å². The van der Waals surface area contributed by atoms with Crippen molar-refractivity contribution < 1.29 is 9.53 Å². The number of esters is 1. The van der Waals surface area contributed by atoms with Crippen LogP contribution in [-0.4, -0.2) is 16.2 Å². The normalized spacial score (nSPS) is 9.73. The van der Waals surface area contributed by atoms with Gasteiger partial charge < -0.3 is 4.74 Å². The number of hydrogen-bond donors (Lipinski definition) is 1. The van der Waals surface area contributed by atoms with Crippen molar-refractivity contribution in [3.63, 3.8) is 0 Å². The van der Waals surface area contributed by atoms with Crippen LogP contribution in [0.2, 0.25) is 0 Å². The molecule has 0 atom stereocenters. The molecule has 0 amide bonds. The van der Waals surface area contributed by atoms with E-state index in [0.717, 1.165) is 5.69 Å². The number of aromatic nitrogens is 2. The second kappa shape index (κ2) is 2.74. The van der Waals surface area contributed by atoms with Crippen molar-refractivity contribution in [3.8, 4) is 5.75 Å². The third-order valence-electron chi connectivity index (χ3n) is 1.31. The van der Waals surface area contributed by atoms with Gasteiger partial charge in [-0.25, -0.2) is 0 Å². The van der Waals surface area contributed by atoms with E-state index in [1.807, 2.05) is 0 Å². The Kier molecular flexibility index (Phi) is 1.94. The molecule has 11 heavy (non-hydrogen) atoms. The molecule has 0 radical (unpaired) electrons. The molecule has 0 aliphatic carbocycles. The van der Waals surface area contributed by atoms with Crippen molar-refractivity contribution >= 4 is 5.97 Å². The molecule has 1 rings (SSSR count). The van der Waals surface area contributed by atoms with E-state index in [2.05, 4.69) is 10.2 Å². The lowest BCUT2D eigenvalue weighted by Crippen LogP contribution is -2.02. The van der Waals surface area contributed by atoms with E-state index in [-0.39, 0.29) is 5.97 Å². The summed E-state index contributed by atoms with van der Waals surface area (Å²) in [5.74, 6) is 0.218. The lowest BCUT2D eigenvalue weighted by molar-refractivity contribution is -0.131. The van der Waals surface area contributed by atoms with Crippen LogP contribution in [0.1, 0.15) is 18.3 Å². The van der Waals surface area contributed by atoms with Crippen molar-refractivity contribution in [1.82, 2.24) is 10.2 Å². The third-order valence-corrected chi connectivity index (χ3v) is 1.31. The Morgan fingerprint density at radius 1 is 1.55 bits per heavy atom. The molecule has 0 saturated carbocycles. The first-order chi connectivity index (χ1) is 5.11. The van der Waals surface area contributed by atoms with Crippen LogP contribution < -0.4 is 4.74 Å². The summed E-state index contributed by atoms with van der Waals surface area (Å²) in [6.07, 6.45) is 0. The summed E-state index contributed by atoms with van der Waals surface area (Å²) in [6, 6.07) is 0. The fourth-order valence-corrected chi connectivity index (χ4v) is 0.835. The summed E-state index contributed by atoms with van der Waals surface area (Å²) in [5.41, 5.74) is 1.48. The van der Waals surface area contributed by atoms with Crippen molar-refractivity contribution in [2.45, 2.75) is 20.8 Å². The Morgan fingerprint density at radius 3 is 2.55 bits per heavy atom. The second-order valence-corrected chi connectivity index (χ2v) is 2.36. The molecule has 4 heteroatoms. The number of hydrogen-bond acceptors (Lipinski definition) is 3. The van der Waals surface area contributed by atoms with Gasteiger partial charge in [0.05, 0.1) is 5.69 Å². The maximum atomic E-state index is 10.6. The van der Waals surface area contributed by atoms with E-state index in [0.29, 0.717) is 11.4 Å². The fraction of sp³-hybridized carbons (Fsp3) is 0.429. The molecule has 0 bridgehead atoms. The van der Waals surface area contributed by atoms with Crippen LogP contribution in [0.4, 0.5) is 0 Å². The molecule has 0 saturated heterocycles. The highest BCUT2D eigenvalue weighted by Crippen LogP contribution is 2.18. The number of nitrogens with one attached hydrogen (secondary N) is 1. The number of ether oxygens (including phenoxy) is 1. The average Bonchev–Trinajstić information content (AvgIpc) is 2.18. The van der Waals surface area contributed by atoms with E-state index < -0.39 is 0 Å². The van der Waals surface area contributed by atoms with Gasteiger partial charge in [-0.1, -0.05) is 0 Å². The van der Waals surface area contributed by atoms with Gasteiger partial charge in [-0.2, -0.15) is 5.10 Å². The first-order valence-corrected chi connectivity index (χ1v) is 3.31. The van der Waals surface area contributed by atoms with Crippen molar-refractivity contribution in [1.29, 1.82) is 0 Å². The first-order valence-electron chi connectivity index (χ1n) is 3.31. The Bertz CT molecular complexity index is 258. The number of aryl methyl sites for hydroxylation is 2. The molecule has 0 aliphatic heterocycles. The zero-order valence-corrected chi connectivity index (χ0v) is 6.76. The Hall–Kier alpha value is -1.32. The van der Waals surface area contributed by atoms with Crippen molar-refractivity contribution in [2.24, 2.45) is 0 Å². The molecule has 0 aromatic carbocycles. The summed E-state index contributed by atoms with van der Waals surface area (Å²) in [7, 11) is 0. The monoisotopic (exact) mass is 154 g/mol. The molecule has 1 aromatic rings. The van der Waals surface area contributed by atoms with E-state index >= 15 is 0 Å². The predicted octanol–water partition coefficient (Wildman–Crippen LogP) is 0.952. The van der Waals surface area contributed by atoms with E-state index in [1.165, 1.54) is 6.92 Å². The van der Waals surface area contributed by atoms with Gasteiger partial charge >= 0.3 is 5.97 Å². The standard InChI is InChI=1S/C7H10N2O2/c1-4-7(11-6(3)10)5(2)9-8-4/h1-3H3,(H,8,9). The smallest absolute Gasteiger partial charge is 0.308 e. The minimum atomic E-state index is -0.322. The largest absolute Gasteiger partial charge is 0.423 e. The van der Waals surface area contributed by atoms with Crippen LogP contribution in [0.5, 0.6) is 5.75 Å². The molecule has 1 aromatic heterocycles. The van der Waals surface area contributed by atoms with Crippen LogP contribution >= 0.6 is 0 Å². The molecule has 0 fully saturated rings. The van der Waals surface area contributed by atoms with E-state index in [9.17, 15) is 4.79 Å². The van der Waals surface area contributed by atoms with Gasteiger partial charge in [-0.15, -0.1) is 0 Å². The number of H-pyrrole nitrogens is 1. The SMILES string of the molecule is CC(=O)Oc1c(C)n[nH]c1C. The highest BCUT2D eigenvalue weighted by Gasteiger charge is 2.08. The third kappa shape index (κ3) is 1.58. The fourth-order valence-electron chi connectivity index (χ4n) is 0.835. The summed E-state index contributed by atoms with van der Waals surface area (Å²) in [6.45, 7) is 4.95. The summed E-state index contributed by atoms with van der Waals surface area (Å²) >= 11 is 0. The van der Waals surface area contributed by atoms with Gasteiger partial charge in [0.1, 0.15) is 5.69 Å². The summed E-state index contributed by atoms with van der Waals surface area (Å²) in [5, 5.41) is 6.58. The van der Waals surface area contributed by atoms with Gasteiger partial charge in [-0.3, -0.25) is 9.89 Å². The van der Waals surface area contributed by atoms with Crippen molar-refractivity contribution in [3.05, 3.63) is 11.4 Å². The maximum absolute atomic E-state index is 10.6. The molecular formula is C7H10N2O2. The molecule has 60 valence electrons. The highest BCUT2D eigenvalue weighted by molar-refractivity contribution is 5.69. The van der Waals surface area contributed by atoms with Gasteiger partial charge in [0.2, 0.25) is 0 Å². The zero-order valence-electron chi connectivity index (χ0n) is 6.76. The summed E-state index contributed by atoms with van der Waals surface area (Å²) < 4.78 is 4.88.